The van der Waals surface area contributed by atoms with Crippen molar-refractivity contribution in [2.45, 2.75) is 38.5 Å². The number of carbonyl (C=O) groups excluding carboxylic acids is 1. The van der Waals surface area contributed by atoms with Gasteiger partial charge in [-0.1, -0.05) is 25.8 Å². The zero-order valence-corrected chi connectivity index (χ0v) is 11.1. The Morgan fingerprint density at radius 2 is 2.11 bits per heavy atom. The van der Waals surface area contributed by atoms with Crippen molar-refractivity contribution in [3.05, 3.63) is 35.4 Å². The summed E-state index contributed by atoms with van der Waals surface area (Å²) in [7, 11) is 0. The van der Waals surface area contributed by atoms with Crippen LogP contribution >= 0.6 is 0 Å². The number of carbonyl (C=O) groups is 1. The minimum Gasteiger partial charge on any atom is -0.352 e. The number of hydrogen-bond donors (Lipinski definition) is 2. The van der Waals surface area contributed by atoms with Gasteiger partial charge < -0.3 is 11.1 Å². The topological polar surface area (TPSA) is 55.1 Å². The number of benzene rings is 1. The minimum absolute atomic E-state index is 0.0348. The molecule has 0 aliphatic carbocycles. The fourth-order valence-corrected chi connectivity index (χ4v) is 2.11. The highest BCUT2D eigenvalue weighted by molar-refractivity contribution is 5.71. The van der Waals surface area contributed by atoms with E-state index in [4.69, 9.17) is 5.73 Å². The Morgan fingerprint density at radius 1 is 1.37 bits per heavy atom. The average molecular weight is 270 g/mol. The van der Waals surface area contributed by atoms with Gasteiger partial charge in [0.15, 0.2) is 0 Å². The van der Waals surface area contributed by atoms with Crippen LogP contribution in [0.3, 0.4) is 0 Å². The number of hydrogen-bond acceptors (Lipinski definition) is 1. The molecule has 1 aromatic rings. The highest BCUT2D eigenvalue weighted by atomic mass is 19.1. The maximum absolute atomic E-state index is 13.8. The van der Waals surface area contributed by atoms with E-state index in [1.807, 2.05) is 0 Å². The third kappa shape index (κ3) is 5.24. The predicted molar refractivity (Wildman–Crippen MR) is 70.8 cm³/mol. The van der Waals surface area contributed by atoms with Crippen LogP contribution in [-0.4, -0.2) is 12.6 Å². The Bertz CT molecular complexity index is 424. The van der Waals surface area contributed by atoms with Gasteiger partial charge in [-0.15, -0.1) is 0 Å². The summed E-state index contributed by atoms with van der Waals surface area (Å²) < 4.78 is 26.7. The maximum Gasteiger partial charge on any atom is 0.312 e. The average Bonchev–Trinajstić information content (AvgIpc) is 2.34. The molecule has 2 amide bonds. The zero-order chi connectivity index (χ0) is 14.3. The second-order valence-electron chi connectivity index (χ2n) is 4.58. The largest absolute Gasteiger partial charge is 0.352 e. The molecule has 0 saturated carbocycles. The van der Waals surface area contributed by atoms with Crippen molar-refractivity contribution < 1.29 is 13.6 Å². The molecule has 0 radical (unpaired) electrons. The molecule has 0 bridgehead atoms. The molecular weight excluding hydrogens is 250 g/mol. The molecule has 19 heavy (non-hydrogen) atoms. The Balaban J connectivity index is 2.73. The highest BCUT2D eigenvalue weighted by Gasteiger charge is 2.16. The number of nitrogens with one attached hydrogen (secondary N) is 1. The number of unbranched alkanes of at least 4 members (excludes halogenated alkanes) is 1. The van der Waals surface area contributed by atoms with E-state index in [0.29, 0.717) is 18.5 Å². The van der Waals surface area contributed by atoms with Gasteiger partial charge in [0.2, 0.25) is 0 Å². The standard InChI is InChI=1S/C14H20F2N2O/c1-2-3-4-10(7-8-18-14(17)19)12-6-5-11(15)9-13(12)16/h5-6,9-10H,2-4,7-8H2,1H3,(H3,17,18,19). The Hall–Kier alpha value is -1.65. The first-order valence-corrected chi connectivity index (χ1v) is 6.52. The van der Waals surface area contributed by atoms with E-state index in [2.05, 4.69) is 12.2 Å². The van der Waals surface area contributed by atoms with E-state index < -0.39 is 17.7 Å². The molecule has 0 aliphatic rings. The molecular formula is C14H20F2N2O. The Kier molecular flexibility index (Phi) is 6.25. The van der Waals surface area contributed by atoms with Crippen molar-refractivity contribution in [2.75, 3.05) is 6.54 Å². The molecule has 3 N–H and O–H groups in total. The minimum atomic E-state index is -0.589. The first kappa shape index (κ1) is 15.4. The molecule has 5 heteroatoms. The van der Waals surface area contributed by atoms with Crippen LogP contribution in [0.5, 0.6) is 0 Å². The van der Waals surface area contributed by atoms with Gasteiger partial charge in [0.1, 0.15) is 11.6 Å². The van der Waals surface area contributed by atoms with Gasteiger partial charge in [0, 0.05) is 12.6 Å². The molecule has 1 rings (SSSR count). The van der Waals surface area contributed by atoms with E-state index in [-0.39, 0.29) is 5.92 Å². The number of rotatable bonds is 7. The van der Waals surface area contributed by atoms with Crippen molar-refractivity contribution in [1.82, 2.24) is 5.32 Å². The first-order chi connectivity index (χ1) is 9.04. The number of nitrogens with two attached hydrogens (primary N) is 1. The van der Waals surface area contributed by atoms with Crippen molar-refractivity contribution >= 4 is 6.03 Å². The van der Waals surface area contributed by atoms with Crippen molar-refractivity contribution in [3.63, 3.8) is 0 Å². The van der Waals surface area contributed by atoms with Gasteiger partial charge >= 0.3 is 6.03 Å². The van der Waals surface area contributed by atoms with Gasteiger partial charge in [-0.05, 0) is 30.4 Å². The Morgan fingerprint density at radius 3 is 2.68 bits per heavy atom. The summed E-state index contributed by atoms with van der Waals surface area (Å²) in [6, 6.07) is 3.05. The lowest BCUT2D eigenvalue weighted by Gasteiger charge is -2.18. The van der Waals surface area contributed by atoms with Gasteiger partial charge in [-0.25, -0.2) is 13.6 Å². The van der Waals surface area contributed by atoms with E-state index >= 15 is 0 Å². The third-order valence-corrected chi connectivity index (χ3v) is 3.10. The molecule has 0 saturated heterocycles. The Labute approximate surface area is 112 Å². The lowest BCUT2D eigenvalue weighted by Crippen LogP contribution is -2.30. The normalized spacial score (nSPS) is 12.2. The smallest absolute Gasteiger partial charge is 0.312 e. The first-order valence-electron chi connectivity index (χ1n) is 6.52. The van der Waals surface area contributed by atoms with Crippen LogP contribution in [0.25, 0.3) is 0 Å². The monoisotopic (exact) mass is 270 g/mol. The summed E-state index contributed by atoms with van der Waals surface area (Å²) in [6.45, 7) is 2.44. The van der Waals surface area contributed by atoms with Gasteiger partial charge in [0.25, 0.3) is 0 Å². The van der Waals surface area contributed by atoms with E-state index in [0.717, 1.165) is 25.3 Å². The molecule has 0 fully saturated rings. The van der Waals surface area contributed by atoms with Gasteiger partial charge in [0.05, 0.1) is 0 Å². The summed E-state index contributed by atoms with van der Waals surface area (Å²) in [5.41, 5.74) is 5.49. The van der Waals surface area contributed by atoms with E-state index in [1.54, 1.807) is 0 Å². The van der Waals surface area contributed by atoms with E-state index in [1.165, 1.54) is 12.1 Å². The summed E-state index contributed by atoms with van der Waals surface area (Å²) in [5, 5.41) is 2.50. The van der Waals surface area contributed by atoms with Crippen LogP contribution in [0, 0.1) is 11.6 Å². The summed E-state index contributed by atoms with van der Waals surface area (Å²) in [5.74, 6) is -1.14. The third-order valence-electron chi connectivity index (χ3n) is 3.10. The molecule has 1 atom stereocenters. The second kappa shape index (κ2) is 7.71. The van der Waals surface area contributed by atoms with Crippen LogP contribution in [0.15, 0.2) is 18.2 Å². The molecule has 3 nitrogen and oxygen atoms in total. The second-order valence-corrected chi connectivity index (χ2v) is 4.58. The molecule has 0 aromatic heterocycles. The van der Waals surface area contributed by atoms with Crippen LogP contribution in [0.4, 0.5) is 13.6 Å². The van der Waals surface area contributed by atoms with Crippen molar-refractivity contribution in [3.8, 4) is 0 Å². The maximum atomic E-state index is 13.8. The van der Waals surface area contributed by atoms with Crippen LogP contribution < -0.4 is 11.1 Å². The quantitative estimate of drug-likeness (QED) is 0.784. The van der Waals surface area contributed by atoms with Crippen molar-refractivity contribution in [1.29, 1.82) is 0 Å². The zero-order valence-electron chi connectivity index (χ0n) is 11.1. The van der Waals surface area contributed by atoms with Crippen LogP contribution in [-0.2, 0) is 0 Å². The molecule has 0 spiro atoms. The summed E-state index contributed by atoms with van der Waals surface area (Å²) in [6.07, 6.45) is 3.35. The molecule has 1 aromatic carbocycles. The fraction of sp³-hybridized carbons (Fsp3) is 0.500. The van der Waals surface area contributed by atoms with Gasteiger partial charge in [-0.3, -0.25) is 0 Å². The van der Waals surface area contributed by atoms with E-state index in [9.17, 15) is 13.6 Å². The van der Waals surface area contributed by atoms with Gasteiger partial charge in [-0.2, -0.15) is 0 Å². The summed E-state index contributed by atoms with van der Waals surface area (Å²) in [4.78, 5) is 10.6. The lowest BCUT2D eigenvalue weighted by atomic mass is 9.90. The fourth-order valence-electron chi connectivity index (χ4n) is 2.11. The molecule has 1 unspecified atom stereocenters. The number of primary amides is 1. The van der Waals surface area contributed by atoms with Crippen LogP contribution in [0.2, 0.25) is 0 Å². The molecule has 106 valence electrons. The molecule has 0 heterocycles. The number of urea groups is 1. The summed E-state index contributed by atoms with van der Waals surface area (Å²) >= 11 is 0. The number of amides is 2. The number of halogens is 2. The highest BCUT2D eigenvalue weighted by Crippen LogP contribution is 2.28. The predicted octanol–water partition coefficient (Wildman–Crippen LogP) is 3.30. The van der Waals surface area contributed by atoms with Crippen molar-refractivity contribution in [2.24, 2.45) is 5.73 Å². The SMILES string of the molecule is CCCCC(CCNC(N)=O)c1ccc(F)cc1F. The lowest BCUT2D eigenvalue weighted by molar-refractivity contribution is 0.248. The van der Waals surface area contributed by atoms with Crippen LogP contribution in [0.1, 0.15) is 44.1 Å². The molecule has 0 aliphatic heterocycles.